The van der Waals surface area contributed by atoms with Gasteiger partial charge in [0.25, 0.3) is 0 Å². The summed E-state index contributed by atoms with van der Waals surface area (Å²) in [7, 11) is 1.79. The average molecular weight is 336 g/mol. The number of benzene rings is 1. The van der Waals surface area contributed by atoms with E-state index in [1.165, 1.54) is 12.1 Å². The number of hydrogen-bond acceptors (Lipinski definition) is 2. The van der Waals surface area contributed by atoms with E-state index < -0.39 is 11.6 Å². The molecule has 0 aliphatic rings. The molecular weight excluding hydrogens is 316 g/mol. The van der Waals surface area contributed by atoms with Crippen LogP contribution in [0.4, 0.5) is 8.78 Å². The zero-order chi connectivity index (χ0) is 14.3. The van der Waals surface area contributed by atoms with E-state index in [-0.39, 0.29) is 11.6 Å². The molecule has 0 aliphatic heterocycles. The summed E-state index contributed by atoms with van der Waals surface area (Å²) in [5.41, 5.74) is 0.115. The fourth-order valence-corrected chi connectivity index (χ4v) is 2.19. The molecule has 0 amide bonds. The van der Waals surface area contributed by atoms with Crippen LogP contribution in [0.25, 0.3) is 0 Å². The van der Waals surface area contributed by atoms with Gasteiger partial charge in [0.15, 0.2) is 0 Å². The summed E-state index contributed by atoms with van der Waals surface area (Å²) in [5, 5.41) is 3.07. The molecule has 0 radical (unpaired) electrons. The lowest BCUT2D eigenvalue weighted by Crippen LogP contribution is -2.30. The first kappa shape index (κ1) is 16.5. The van der Waals surface area contributed by atoms with Crippen molar-refractivity contribution in [2.75, 3.05) is 20.3 Å². The first-order valence-corrected chi connectivity index (χ1v) is 7.26. The van der Waals surface area contributed by atoms with Crippen LogP contribution in [-0.4, -0.2) is 26.3 Å². The Morgan fingerprint density at radius 3 is 2.68 bits per heavy atom. The Labute approximate surface area is 121 Å². The maximum absolute atomic E-state index is 13.9. The molecule has 108 valence electrons. The Hall–Kier alpha value is -0.520. The fourth-order valence-electron chi connectivity index (χ4n) is 1.82. The molecule has 1 rings (SSSR count). The molecule has 0 saturated carbocycles. The van der Waals surface area contributed by atoms with Gasteiger partial charge in [-0.2, -0.15) is 0 Å². The molecule has 19 heavy (non-hydrogen) atoms. The molecule has 0 heterocycles. The molecule has 0 aliphatic carbocycles. The average Bonchev–Trinajstić information content (AvgIpc) is 2.41. The molecule has 0 spiro atoms. The van der Waals surface area contributed by atoms with Crippen LogP contribution in [-0.2, 0) is 11.2 Å². The topological polar surface area (TPSA) is 21.3 Å². The number of rotatable bonds is 8. The molecule has 2 nitrogen and oxygen atoms in total. The van der Waals surface area contributed by atoms with Crippen molar-refractivity contribution >= 4 is 15.9 Å². The highest BCUT2D eigenvalue weighted by Gasteiger charge is 2.16. The second kappa shape index (κ2) is 8.61. The van der Waals surface area contributed by atoms with Crippen LogP contribution >= 0.6 is 15.9 Å². The summed E-state index contributed by atoms with van der Waals surface area (Å²) in [5.74, 6) is -1.02. The van der Waals surface area contributed by atoms with Gasteiger partial charge in [-0.3, -0.25) is 0 Å². The monoisotopic (exact) mass is 335 g/mol. The standard InChI is InChI=1S/C14H20BrF2NO/c1-3-7-19-8-6-10(18-2)9-11-13(16)5-4-12(15)14(11)17/h4-5,10,18H,3,6-9H2,1-2H3. The highest BCUT2D eigenvalue weighted by atomic mass is 79.9. The van der Waals surface area contributed by atoms with Crippen molar-refractivity contribution in [2.24, 2.45) is 0 Å². The summed E-state index contributed by atoms with van der Waals surface area (Å²) in [6.07, 6.45) is 2.00. The third-order valence-corrected chi connectivity index (χ3v) is 3.57. The van der Waals surface area contributed by atoms with Crippen molar-refractivity contribution in [3.63, 3.8) is 0 Å². The minimum atomic E-state index is -0.519. The highest BCUT2D eigenvalue weighted by Crippen LogP contribution is 2.23. The molecule has 1 N–H and O–H groups in total. The number of ether oxygens (including phenoxy) is 1. The summed E-state index contributed by atoms with van der Waals surface area (Å²) in [4.78, 5) is 0. The van der Waals surface area contributed by atoms with Crippen molar-refractivity contribution in [1.29, 1.82) is 0 Å². The molecule has 0 fully saturated rings. The van der Waals surface area contributed by atoms with Crippen molar-refractivity contribution < 1.29 is 13.5 Å². The molecule has 0 aromatic heterocycles. The van der Waals surface area contributed by atoms with E-state index in [1.807, 2.05) is 6.92 Å². The first-order chi connectivity index (χ1) is 9.10. The van der Waals surface area contributed by atoms with Gasteiger partial charge in [0.1, 0.15) is 11.6 Å². The Kier molecular flexibility index (Phi) is 7.49. The van der Waals surface area contributed by atoms with Crippen LogP contribution in [0.2, 0.25) is 0 Å². The third-order valence-electron chi connectivity index (χ3n) is 2.96. The van der Waals surface area contributed by atoms with Crippen molar-refractivity contribution in [2.45, 2.75) is 32.2 Å². The molecule has 5 heteroatoms. The van der Waals surface area contributed by atoms with E-state index in [0.717, 1.165) is 19.4 Å². The number of nitrogens with one attached hydrogen (secondary N) is 1. The lowest BCUT2D eigenvalue weighted by atomic mass is 10.0. The van der Waals surface area contributed by atoms with Gasteiger partial charge in [-0.1, -0.05) is 6.92 Å². The van der Waals surface area contributed by atoms with Gasteiger partial charge in [0.2, 0.25) is 0 Å². The Balaban J connectivity index is 2.63. The van der Waals surface area contributed by atoms with Gasteiger partial charge in [0, 0.05) is 24.8 Å². The normalized spacial score (nSPS) is 12.7. The highest BCUT2D eigenvalue weighted by molar-refractivity contribution is 9.10. The zero-order valence-electron chi connectivity index (χ0n) is 11.3. The quantitative estimate of drug-likeness (QED) is 0.578. The summed E-state index contributed by atoms with van der Waals surface area (Å²) < 4.78 is 33.2. The minimum Gasteiger partial charge on any atom is -0.381 e. The van der Waals surface area contributed by atoms with Crippen molar-refractivity contribution in [1.82, 2.24) is 5.32 Å². The lowest BCUT2D eigenvalue weighted by molar-refractivity contribution is 0.125. The Morgan fingerprint density at radius 2 is 2.05 bits per heavy atom. The van der Waals surface area contributed by atoms with Crippen LogP contribution in [0.1, 0.15) is 25.3 Å². The maximum atomic E-state index is 13.9. The molecular formula is C14H20BrF2NO. The molecule has 0 saturated heterocycles. The van der Waals surface area contributed by atoms with Gasteiger partial charge in [0.05, 0.1) is 4.47 Å². The molecule has 0 bridgehead atoms. The SMILES string of the molecule is CCCOCCC(Cc1c(F)ccc(Br)c1F)NC. The molecule has 1 unspecified atom stereocenters. The third kappa shape index (κ3) is 5.16. The predicted molar refractivity (Wildman–Crippen MR) is 76.3 cm³/mol. The van der Waals surface area contributed by atoms with Crippen LogP contribution in [0, 0.1) is 11.6 Å². The summed E-state index contributed by atoms with van der Waals surface area (Å²) in [6.45, 7) is 3.36. The van der Waals surface area contributed by atoms with E-state index >= 15 is 0 Å². The fraction of sp³-hybridized carbons (Fsp3) is 0.571. The van der Waals surface area contributed by atoms with Gasteiger partial charge >= 0.3 is 0 Å². The number of likely N-dealkylation sites (N-methyl/N-ethyl adjacent to an activating group) is 1. The van der Waals surface area contributed by atoms with Crippen molar-refractivity contribution in [3.8, 4) is 0 Å². The second-order valence-corrected chi connectivity index (χ2v) is 5.27. The Bertz CT molecular complexity index is 401. The van der Waals surface area contributed by atoms with Crippen LogP contribution < -0.4 is 5.32 Å². The predicted octanol–water partition coefficient (Wildman–Crippen LogP) is 3.67. The van der Waals surface area contributed by atoms with Gasteiger partial charge < -0.3 is 10.1 Å². The largest absolute Gasteiger partial charge is 0.381 e. The van der Waals surface area contributed by atoms with Crippen molar-refractivity contribution in [3.05, 3.63) is 33.8 Å². The van der Waals surface area contributed by atoms with E-state index in [4.69, 9.17) is 4.74 Å². The smallest absolute Gasteiger partial charge is 0.143 e. The van der Waals surface area contributed by atoms with Gasteiger partial charge in [-0.25, -0.2) is 8.78 Å². The Morgan fingerprint density at radius 1 is 1.32 bits per heavy atom. The van der Waals surface area contributed by atoms with Crippen LogP contribution in [0.5, 0.6) is 0 Å². The van der Waals surface area contributed by atoms with Gasteiger partial charge in [-0.05, 0) is 54.4 Å². The molecule has 1 aromatic rings. The van der Waals surface area contributed by atoms with Crippen LogP contribution in [0.15, 0.2) is 16.6 Å². The van der Waals surface area contributed by atoms with E-state index in [9.17, 15) is 8.78 Å². The maximum Gasteiger partial charge on any atom is 0.143 e. The van der Waals surface area contributed by atoms with E-state index in [0.29, 0.717) is 17.5 Å². The first-order valence-electron chi connectivity index (χ1n) is 6.47. The second-order valence-electron chi connectivity index (χ2n) is 4.41. The van der Waals surface area contributed by atoms with E-state index in [2.05, 4.69) is 21.2 Å². The number of hydrogen-bond donors (Lipinski definition) is 1. The zero-order valence-corrected chi connectivity index (χ0v) is 12.9. The summed E-state index contributed by atoms with van der Waals surface area (Å²) >= 11 is 3.08. The van der Waals surface area contributed by atoms with Crippen LogP contribution in [0.3, 0.4) is 0 Å². The van der Waals surface area contributed by atoms with E-state index in [1.54, 1.807) is 7.05 Å². The minimum absolute atomic E-state index is 0.00449. The lowest BCUT2D eigenvalue weighted by Gasteiger charge is -2.17. The van der Waals surface area contributed by atoms with Gasteiger partial charge in [-0.15, -0.1) is 0 Å². The molecule has 1 aromatic carbocycles. The number of halogens is 3. The molecule has 1 atom stereocenters. The summed E-state index contributed by atoms with van der Waals surface area (Å²) in [6, 6.07) is 2.66.